The Morgan fingerprint density at radius 2 is 1.80 bits per heavy atom. The minimum atomic E-state index is -0.783. The Bertz CT molecular complexity index is 911. The van der Waals surface area contributed by atoms with E-state index in [1.807, 2.05) is 42.5 Å². The van der Waals surface area contributed by atoms with Gasteiger partial charge in [-0.25, -0.2) is 4.39 Å². The molecule has 1 aliphatic rings. The second kappa shape index (κ2) is 6.52. The number of piperidine rings is 1. The van der Waals surface area contributed by atoms with Gasteiger partial charge in [-0.1, -0.05) is 23.7 Å². The fraction of sp³-hybridized carbons (Fsp3) is 0.250. The molecular weight excluding hydrogens is 341 g/mol. The van der Waals surface area contributed by atoms with Crippen LogP contribution >= 0.6 is 11.6 Å². The van der Waals surface area contributed by atoms with Crippen LogP contribution < -0.4 is 0 Å². The van der Waals surface area contributed by atoms with E-state index < -0.39 is 6.17 Å². The van der Waals surface area contributed by atoms with E-state index in [-0.39, 0.29) is 5.91 Å². The summed E-state index contributed by atoms with van der Waals surface area (Å²) >= 11 is 6.26. The van der Waals surface area contributed by atoms with Crippen molar-refractivity contribution in [1.82, 2.24) is 4.90 Å². The number of nitrogens with zero attached hydrogens (tertiary/aromatic N) is 1. The predicted octanol–water partition coefficient (Wildman–Crippen LogP) is 5.33. The molecule has 3 nitrogen and oxygen atoms in total. The van der Waals surface area contributed by atoms with Crippen molar-refractivity contribution in [2.45, 2.75) is 19.0 Å². The minimum absolute atomic E-state index is 0.0400. The molecule has 0 unspecified atom stereocenters. The molecule has 3 aromatic rings. The zero-order valence-electron chi connectivity index (χ0n) is 13.5. The number of halogens is 2. The van der Waals surface area contributed by atoms with E-state index >= 15 is 0 Å². The molecule has 1 aromatic heterocycles. The summed E-state index contributed by atoms with van der Waals surface area (Å²) in [5, 5.41) is 1.50. The van der Waals surface area contributed by atoms with Crippen LogP contribution in [0, 0.1) is 0 Å². The van der Waals surface area contributed by atoms with Gasteiger partial charge in [0.05, 0.1) is 11.3 Å². The number of hydrogen-bond acceptors (Lipinski definition) is 2. The zero-order chi connectivity index (χ0) is 17.4. The maximum Gasteiger partial charge on any atom is 0.253 e. The number of carbonyl (C=O) groups excluding carboxylic acids is 1. The highest BCUT2D eigenvalue weighted by molar-refractivity contribution is 6.35. The van der Waals surface area contributed by atoms with Gasteiger partial charge in [0, 0.05) is 24.0 Å². The molecule has 5 heteroatoms. The Kier molecular flexibility index (Phi) is 4.22. The quantitative estimate of drug-likeness (QED) is 0.621. The molecule has 0 spiro atoms. The summed E-state index contributed by atoms with van der Waals surface area (Å²) < 4.78 is 18.6. The first kappa shape index (κ1) is 16.2. The fourth-order valence-electron chi connectivity index (χ4n) is 3.24. The van der Waals surface area contributed by atoms with Crippen LogP contribution in [0.15, 0.2) is 53.1 Å². The van der Waals surface area contributed by atoms with E-state index in [1.54, 1.807) is 11.2 Å². The fourth-order valence-corrected chi connectivity index (χ4v) is 3.51. The van der Waals surface area contributed by atoms with Gasteiger partial charge in [0.2, 0.25) is 0 Å². The van der Waals surface area contributed by atoms with Gasteiger partial charge in [-0.05, 0) is 54.3 Å². The van der Waals surface area contributed by atoms with Crippen molar-refractivity contribution in [3.05, 3.63) is 59.3 Å². The van der Waals surface area contributed by atoms with Crippen molar-refractivity contribution >= 4 is 28.5 Å². The molecule has 1 fully saturated rings. The Labute approximate surface area is 150 Å². The molecule has 0 radical (unpaired) electrons. The summed E-state index contributed by atoms with van der Waals surface area (Å²) in [4.78, 5) is 14.2. The predicted molar refractivity (Wildman–Crippen MR) is 96.7 cm³/mol. The monoisotopic (exact) mass is 357 g/mol. The summed E-state index contributed by atoms with van der Waals surface area (Å²) in [6.07, 6.45) is 1.68. The van der Waals surface area contributed by atoms with Crippen LogP contribution in [0.1, 0.15) is 23.2 Å². The highest BCUT2D eigenvalue weighted by atomic mass is 35.5. The molecule has 0 bridgehead atoms. The first-order valence-corrected chi connectivity index (χ1v) is 8.70. The normalized spacial score (nSPS) is 15.7. The average Bonchev–Trinajstić information content (AvgIpc) is 3.11. The molecular formula is C20H17ClFNO2. The minimum Gasteiger partial charge on any atom is -0.463 e. The summed E-state index contributed by atoms with van der Waals surface area (Å²) in [6, 6.07) is 13.2. The molecule has 0 atom stereocenters. The van der Waals surface area contributed by atoms with Crippen LogP contribution in [0.2, 0.25) is 5.02 Å². The molecule has 128 valence electrons. The molecule has 2 aromatic carbocycles. The van der Waals surface area contributed by atoms with Gasteiger partial charge in [-0.3, -0.25) is 4.79 Å². The summed E-state index contributed by atoms with van der Waals surface area (Å²) in [6.45, 7) is 0.961. The largest absolute Gasteiger partial charge is 0.463 e. The molecule has 4 rings (SSSR count). The Balaban J connectivity index is 1.57. The van der Waals surface area contributed by atoms with E-state index in [1.165, 1.54) is 0 Å². The number of rotatable bonds is 2. The summed E-state index contributed by atoms with van der Waals surface area (Å²) in [7, 11) is 0. The van der Waals surface area contributed by atoms with Crippen LogP contribution in [0.4, 0.5) is 4.39 Å². The van der Waals surface area contributed by atoms with Crippen LogP contribution in [-0.4, -0.2) is 30.1 Å². The molecule has 1 saturated heterocycles. The Hall–Kier alpha value is -2.33. The molecule has 25 heavy (non-hydrogen) atoms. The van der Waals surface area contributed by atoms with Crippen LogP contribution in [-0.2, 0) is 0 Å². The third-order valence-electron chi connectivity index (χ3n) is 4.68. The van der Waals surface area contributed by atoms with E-state index in [0.717, 1.165) is 16.5 Å². The number of hydrogen-bond donors (Lipinski definition) is 0. The highest BCUT2D eigenvalue weighted by Crippen LogP contribution is 2.31. The number of fused-ring (bicyclic) bond motifs is 1. The maximum atomic E-state index is 13.2. The average molecular weight is 358 g/mol. The lowest BCUT2D eigenvalue weighted by Gasteiger charge is -2.28. The van der Waals surface area contributed by atoms with Crippen LogP contribution in [0.3, 0.4) is 0 Å². The molecule has 0 N–H and O–H groups in total. The van der Waals surface area contributed by atoms with E-state index in [0.29, 0.717) is 42.1 Å². The van der Waals surface area contributed by atoms with Gasteiger partial charge >= 0.3 is 0 Å². The van der Waals surface area contributed by atoms with Crippen molar-refractivity contribution in [1.29, 1.82) is 0 Å². The molecule has 1 aliphatic heterocycles. The van der Waals surface area contributed by atoms with Crippen molar-refractivity contribution in [2.24, 2.45) is 0 Å². The van der Waals surface area contributed by atoms with Gasteiger partial charge in [-0.2, -0.15) is 0 Å². The van der Waals surface area contributed by atoms with Crippen LogP contribution in [0.25, 0.3) is 22.1 Å². The van der Waals surface area contributed by atoms with Gasteiger partial charge in [-0.15, -0.1) is 0 Å². The van der Waals surface area contributed by atoms with E-state index in [9.17, 15) is 9.18 Å². The molecule has 0 saturated carbocycles. The topological polar surface area (TPSA) is 33.5 Å². The number of alkyl halides is 1. The number of carbonyl (C=O) groups is 1. The lowest BCUT2D eigenvalue weighted by atomic mass is 10.0. The molecule has 1 amide bonds. The number of furan rings is 1. The third-order valence-corrected chi connectivity index (χ3v) is 4.96. The zero-order valence-corrected chi connectivity index (χ0v) is 14.3. The summed E-state index contributed by atoms with van der Waals surface area (Å²) in [5.74, 6) is -0.0400. The Morgan fingerprint density at radius 3 is 2.52 bits per heavy atom. The number of benzene rings is 2. The van der Waals surface area contributed by atoms with Crippen molar-refractivity contribution < 1.29 is 13.6 Å². The highest BCUT2D eigenvalue weighted by Gasteiger charge is 2.23. The van der Waals surface area contributed by atoms with Crippen molar-refractivity contribution in [3.63, 3.8) is 0 Å². The number of amides is 1. The van der Waals surface area contributed by atoms with Gasteiger partial charge in [0.25, 0.3) is 5.91 Å². The molecule has 0 aliphatic carbocycles. The summed E-state index contributed by atoms with van der Waals surface area (Å²) in [5.41, 5.74) is 3.24. The molecule has 2 heterocycles. The van der Waals surface area contributed by atoms with Crippen molar-refractivity contribution in [3.8, 4) is 11.1 Å². The third kappa shape index (κ3) is 3.14. The van der Waals surface area contributed by atoms with Crippen LogP contribution in [0.5, 0.6) is 0 Å². The second-order valence-corrected chi connectivity index (χ2v) is 6.75. The van der Waals surface area contributed by atoms with Gasteiger partial charge in [0.1, 0.15) is 6.17 Å². The smallest absolute Gasteiger partial charge is 0.253 e. The lowest BCUT2D eigenvalue weighted by Crippen LogP contribution is -2.39. The van der Waals surface area contributed by atoms with Gasteiger partial charge < -0.3 is 9.32 Å². The maximum absolute atomic E-state index is 13.2. The Morgan fingerprint density at radius 1 is 1.08 bits per heavy atom. The number of likely N-dealkylation sites (tertiary alicyclic amines) is 1. The lowest BCUT2D eigenvalue weighted by molar-refractivity contribution is 0.0667. The van der Waals surface area contributed by atoms with E-state index in [2.05, 4.69) is 0 Å². The van der Waals surface area contributed by atoms with Gasteiger partial charge in [0.15, 0.2) is 5.58 Å². The van der Waals surface area contributed by atoms with Crippen molar-refractivity contribution in [2.75, 3.05) is 13.1 Å². The standard InChI is InChI=1S/C20H17ClFNO2/c21-18-12-16(11-15-7-10-25-19(15)18)13-1-3-14(4-2-13)20(24)23-8-5-17(22)6-9-23/h1-4,7,10-12,17H,5-6,8-9H2. The van der Waals surface area contributed by atoms with E-state index in [4.69, 9.17) is 16.0 Å². The first-order chi connectivity index (χ1) is 12.1. The SMILES string of the molecule is O=C(c1ccc(-c2cc(Cl)c3occc3c2)cc1)N1CCC(F)CC1. The second-order valence-electron chi connectivity index (χ2n) is 6.34. The first-order valence-electron chi connectivity index (χ1n) is 8.32.